The summed E-state index contributed by atoms with van der Waals surface area (Å²) in [5.74, 6) is 1.70. The molecule has 1 N–H and O–H groups in total. The fourth-order valence-corrected chi connectivity index (χ4v) is 5.50. The van der Waals surface area contributed by atoms with Crippen molar-refractivity contribution in [1.82, 2.24) is 4.90 Å². The van der Waals surface area contributed by atoms with Gasteiger partial charge in [-0.3, -0.25) is 4.90 Å². The van der Waals surface area contributed by atoms with E-state index in [0.717, 1.165) is 51.4 Å². The molecule has 0 aromatic rings. The van der Waals surface area contributed by atoms with Crippen molar-refractivity contribution >= 4 is 6.09 Å². The van der Waals surface area contributed by atoms with Crippen molar-refractivity contribution in [3.8, 4) is 0 Å². The zero-order valence-electron chi connectivity index (χ0n) is 18.3. The highest BCUT2D eigenvalue weighted by molar-refractivity contribution is 5.67. The molecule has 2 atom stereocenters. The summed E-state index contributed by atoms with van der Waals surface area (Å²) >= 11 is 0. The largest absolute Gasteiger partial charge is 0.465 e. The van der Waals surface area contributed by atoms with E-state index in [1.54, 1.807) is 0 Å². The number of amides is 1. The van der Waals surface area contributed by atoms with E-state index in [2.05, 4.69) is 34.3 Å². The van der Waals surface area contributed by atoms with Crippen LogP contribution in [-0.2, 0) is 0 Å². The maximum atomic E-state index is 12.6. The smallest absolute Gasteiger partial charge is 0.408 e. The van der Waals surface area contributed by atoms with Gasteiger partial charge in [0.25, 0.3) is 0 Å². The molecule has 2 aliphatic rings. The van der Waals surface area contributed by atoms with E-state index in [4.69, 9.17) is 0 Å². The molecule has 27 heavy (non-hydrogen) atoms. The fourth-order valence-electron chi connectivity index (χ4n) is 5.50. The van der Waals surface area contributed by atoms with E-state index >= 15 is 0 Å². The highest BCUT2D eigenvalue weighted by Crippen LogP contribution is 2.48. The molecule has 0 heterocycles. The Bertz CT molecular complexity index is 493. The zero-order chi connectivity index (χ0) is 20.0. The Hall–Kier alpha value is -0.990. The molecule has 2 unspecified atom stereocenters. The van der Waals surface area contributed by atoms with E-state index in [-0.39, 0.29) is 11.6 Å². The molecule has 0 spiro atoms. The third-order valence-electron chi connectivity index (χ3n) is 7.08. The van der Waals surface area contributed by atoms with Crippen LogP contribution >= 0.6 is 0 Å². The molecule has 2 saturated carbocycles. The maximum Gasteiger partial charge on any atom is 0.408 e. The second-order valence-corrected chi connectivity index (χ2v) is 10.1. The summed E-state index contributed by atoms with van der Waals surface area (Å²) in [5.41, 5.74) is 1.15. The minimum Gasteiger partial charge on any atom is -0.465 e. The molecule has 0 radical (unpaired) electrons. The first-order valence-corrected chi connectivity index (χ1v) is 11.4. The number of carbonyl (C=O) groups is 1. The molecular formula is C24H43NO2. The van der Waals surface area contributed by atoms with Crippen LogP contribution in [0.1, 0.15) is 105 Å². The lowest BCUT2D eigenvalue weighted by atomic mass is 9.64. The first-order chi connectivity index (χ1) is 12.8. The van der Waals surface area contributed by atoms with E-state index in [1.165, 1.54) is 31.3 Å². The third-order valence-corrected chi connectivity index (χ3v) is 7.08. The van der Waals surface area contributed by atoms with Crippen LogP contribution in [0.15, 0.2) is 12.2 Å². The molecule has 0 aliphatic heterocycles. The van der Waals surface area contributed by atoms with Gasteiger partial charge in [-0.15, -0.1) is 0 Å². The average molecular weight is 378 g/mol. The summed E-state index contributed by atoms with van der Waals surface area (Å²) in [6.45, 7) is 13.4. The van der Waals surface area contributed by atoms with Crippen molar-refractivity contribution < 1.29 is 9.90 Å². The minimum atomic E-state index is -0.673. The molecule has 0 aromatic heterocycles. The van der Waals surface area contributed by atoms with Crippen LogP contribution in [0.3, 0.4) is 0 Å². The monoisotopic (exact) mass is 377 g/mol. The SMILES string of the molecule is C=C1CCC(CCC(C)C)(N(C(=O)O)C2CCCCC2)C(CCC(C)C)C1. The Balaban J connectivity index is 2.38. The Morgan fingerprint density at radius 2 is 1.78 bits per heavy atom. The molecule has 0 saturated heterocycles. The predicted molar refractivity (Wildman–Crippen MR) is 114 cm³/mol. The number of hydrogen-bond acceptors (Lipinski definition) is 1. The van der Waals surface area contributed by atoms with Crippen LogP contribution in [0.4, 0.5) is 4.79 Å². The summed E-state index contributed by atoms with van der Waals surface area (Å²) in [6.07, 6.45) is 12.5. The fraction of sp³-hybridized carbons (Fsp3) is 0.875. The molecule has 3 heteroatoms. The van der Waals surface area contributed by atoms with Gasteiger partial charge < -0.3 is 5.11 Å². The van der Waals surface area contributed by atoms with Crippen LogP contribution in [0.5, 0.6) is 0 Å². The Kier molecular flexibility index (Phi) is 8.24. The van der Waals surface area contributed by atoms with Crippen molar-refractivity contribution in [3.05, 3.63) is 12.2 Å². The molecule has 156 valence electrons. The van der Waals surface area contributed by atoms with E-state index in [0.29, 0.717) is 17.8 Å². The molecule has 2 rings (SSSR count). The summed E-state index contributed by atoms with van der Waals surface area (Å²) in [4.78, 5) is 14.6. The lowest BCUT2D eigenvalue weighted by molar-refractivity contribution is -0.0289. The summed E-state index contributed by atoms with van der Waals surface area (Å²) in [5, 5.41) is 10.4. The first kappa shape index (κ1) is 22.3. The standard InChI is InChI=1S/C24H43NO2/c1-18(2)11-12-21-17-20(5)14-16-24(21,15-13-19(3)4)25(23(26)27)22-9-7-6-8-10-22/h18-19,21-22H,5-17H2,1-4H3,(H,26,27). The van der Waals surface area contributed by atoms with Gasteiger partial charge in [-0.2, -0.15) is 0 Å². The van der Waals surface area contributed by atoms with Gasteiger partial charge in [-0.1, -0.05) is 65.5 Å². The van der Waals surface area contributed by atoms with E-state index in [1.807, 2.05) is 4.90 Å². The van der Waals surface area contributed by atoms with E-state index in [9.17, 15) is 9.90 Å². The highest BCUT2D eigenvalue weighted by Gasteiger charge is 2.50. The van der Waals surface area contributed by atoms with Gasteiger partial charge in [0.15, 0.2) is 0 Å². The number of nitrogens with zero attached hydrogens (tertiary/aromatic N) is 1. The minimum absolute atomic E-state index is 0.186. The molecule has 0 aromatic carbocycles. The van der Waals surface area contributed by atoms with Crippen LogP contribution < -0.4 is 0 Å². The van der Waals surface area contributed by atoms with Crippen LogP contribution in [0, 0.1) is 17.8 Å². The second kappa shape index (κ2) is 9.98. The van der Waals surface area contributed by atoms with Crippen molar-refractivity contribution in [2.24, 2.45) is 17.8 Å². The second-order valence-electron chi connectivity index (χ2n) is 10.1. The van der Waals surface area contributed by atoms with Crippen LogP contribution in [0.25, 0.3) is 0 Å². The first-order valence-electron chi connectivity index (χ1n) is 11.4. The Morgan fingerprint density at radius 1 is 1.15 bits per heavy atom. The van der Waals surface area contributed by atoms with Gasteiger partial charge in [0.05, 0.1) is 0 Å². The van der Waals surface area contributed by atoms with Gasteiger partial charge in [0.1, 0.15) is 0 Å². The van der Waals surface area contributed by atoms with Gasteiger partial charge in [-0.05, 0) is 69.1 Å². The Labute approximate surface area is 167 Å². The maximum absolute atomic E-state index is 12.6. The molecule has 3 nitrogen and oxygen atoms in total. The van der Waals surface area contributed by atoms with E-state index < -0.39 is 6.09 Å². The quantitative estimate of drug-likeness (QED) is 0.452. The van der Waals surface area contributed by atoms with Crippen molar-refractivity contribution in [2.75, 3.05) is 0 Å². The topological polar surface area (TPSA) is 40.5 Å². The van der Waals surface area contributed by atoms with Gasteiger partial charge >= 0.3 is 6.09 Å². The third kappa shape index (κ3) is 5.74. The summed E-state index contributed by atoms with van der Waals surface area (Å²) < 4.78 is 0. The molecular weight excluding hydrogens is 334 g/mol. The lowest BCUT2D eigenvalue weighted by Gasteiger charge is -2.54. The van der Waals surface area contributed by atoms with Crippen molar-refractivity contribution in [2.45, 2.75) is 116 Å². The normalized spacial score (nSPS) is 27.3. The van der Waals surface area contributed by atoms with Crippen molar-refractivity contribution in [3.63, 3.8) is 0 Å². The predicted octanol–water partition coefficient (Wildman–Crippen LogP) is 7.27. The molecule has 1 amide bonds. The number of carboxylic acid groups (broad SMARTS) is 1. The summed E-state index contributed by atoms with van der Waals surface area (Å²) in [7, 11) is 0. The number of rotatable bonds is 8. The lowest BCUT2D eigenvalue weighted by Crippen LogP contribution is -2.61. The van der Waals surface area contributed by atoms with Crippen molar-refractivity contribution in [1.29, 1.82) is 0 Å². The Morgan fingerprint density at radius 3 is 2.33 bits per heavy atom. The molecule has 0 bridgehead atoms. The number of allylic oxidation sites excluding steroid dienone is 1. The van der Waals surface area contributed by atoms with Crippen LogP contribution in [-0.4, -0.2) is 27.7 Å². The molecule has 2 aliphatic carbocycles. The number of hydrogen-bond donors (Lipinski definition) is 1. The highest BCUT2D eigenvalue weighted by atomic mass is 16.4. The van der Waals surface area contributed by atoms with Gasteiger partial charge in [-0.25, -0.2) is 4.79 Å². The zero-order valence-corrected chi connectivity index (χ0v) is 18.3. The van der Waals surface area contributed by atoms with Gasteiger partial charge in [0.2, 0.25) is 0 Å². The van der Waals surface area contributed by atoms with Gasteiger partial charge in [0, 0.05) is 11.6 Å². The molecule has 2 fully saturated rings. The average Bonchev–Trinajstić information content (AvgIpc) is 2.61. The van der Waals surface area contributed by atoms with Crippen LogP contribution in [0.2, 0.25) is 0 Å². The summed E-state index contributed by atoms with van der Waals surface area (Å²) in [6, 6.07) is 0.219.